The van der Waals surface area contributed by atoms with E-state index in [1.807, 2.05) is 47.8 Å². The fraction of sp³-hybridized carbons (Fsp3) is 0.360. The van der Waals surface area contributed by atoms with Crippen LogP contribution in [0.1, 0.15) is 35.7 Å². The summed E-state index contributed by atoms with van der Waals surface area (Å²) in [5.74, 6) is 2.06. The lowest BCUT2D eigenvalue weighted by molar-refractivity contribution is -0.00167. The molecule has 0 saturated carbocycles. The molecule has 1 amide bonds. The lowest BCUT2D eigenvalue weighted by Crippen LogP contribution is -2.49. The zero-order chi connectivity index (χ0) is 22.3. The lowest BCUT2D eigenvalue weighted by Gasteiger charge is -2.44. The van der Waals surface area contributed by atoms with Crippen LogP contribution in [0.5, 0.6) is 17.2 Å². The molecule has 7 heteroatoms. The van der Waals surface area contributed by atoms with Gasteiger partial charge in [-0.05, 0) is 37.3 Å². The van der Waals surface area contributed by atoms with Crippen LogP contribution >= 0.6 is 0 Å². The Morgan fingerprint density at radius 1 is 1.16 bits per heavy atom. The summed E-state index contributed by atoms with van der Waals surface area (Å²) in [4.78, 5) is 15.1. The number of aryl methyl sites for hydroxylation is 1. The SMILES string of the molecule is CCOc1cc(C(=O)N2CCC3(CC2)Oc2ccccc2-c2nn(C)cc23)ccc1OC. The monoisotopic (exact) mass is 433 g/mol. The molecular formula is C25H27N3O4. The van der Waals surface area contributed by atoms with Gasteiger partial charge in [-0.1, -0.05) is 12.1 Å². The second kappa shape index (κ2) is 7.89. The maximum atomic E-state index is 13.2. The van der Waals surface area contributed by atoms with Gasteiger partial charge in [-0.15, -0.1) is 0 Å². The molecule has 0 N–H and O–H groups in total. The van der Waals surface area contributed by atoms with Gasteiger partial charge in [-0.25, -0.2) is 0 Å². The summed E-state index contributed by atoms with van der Waals surface area (Å²) in [5, 5.41) is 4.72. The van der Waals surface area contributed by atoms with Crippen molar-refractivity contribution in [1.82, 2.24) is 14.7 Å². The van der Waals surface area contributed by atoms with Crippen LogP contribution in [0.4, 0.5) is 0 Å². The summed E-state index contributed by atoms with van der Waals surface area (Å²) >= 11 is 0. The molecule has 3 aromatic rings. The highest BCUT2D eigenvalue weighted by Gasteiger charge is 2.45. The highest BCUT2D eigenvalue weighted by atomic mass is 16.5. The number of para-hydroxylation sites is 1. The molecule has 1 spiro atoms. The van der Waals surface area contributed by atoms with Gasteiger partial charge in [0, 0.05) is 55.9 Å². The van der Waals surface area contributed by atoms with Gasteiger partial charge in [0.1, 0.15) is 17.0 Å². The van der Waals surface area contributed by atoms with Gasteiger partial charge in [0.25, 0.3) is 5.91 Å². The molecule has 0 atom stereocenters. The van der Waals surface area contributed by atoms with Crippen molar-refractivity contribution in [1.29, 1.82) is 0 Å². The number of rotatable bonds is 4. The second-order valence-corrected chi connectivity index (χ2v) is 8.25. The second-order valence-electron chi connectivity index (χ2n) is 8.25. The van der Waals surface area contributed by atoms with Crippen LogP contribution in [0.2, 0.25) is 0 Å². The smallest absolute Gasteiger partial charge is 0.253 e. The predicted octanol–water partition coefficient (Wildman–Crippen LogP) is 4.02. The van der Waals surface area contributed by atoms with Crippen LogP contribution in [0.15, 0.2) is 48.7 Å². The van der Waals surface area contributed by atoms with Gasteiger partial charge in [-0.3, -0.25) is 9.48 Å². The van der Waals surface area contributed by atoms with Crippen LogP contribution in [0, 0.1) is 0 Å². The molecule has 0 bridgehead atoms. The molecule has 0 unspecified atom stereocenters. The molecule has 7 nitrogen and oxygen atoms in total. The Morgan fingerprint density at radius 3 is 2.69 bits per heavy atom. The van der Waals surface area contributed by atoms with Gasteiger partial charge < -0.3 is 19.1 Å². The molecule has 166 valence electrons. The van der Waals surface area contributed by atoms with E-state index in [-0.39, 0.29) is 5.91 Å². The van der Waals surface area contributed by atoms with E-state index >= 15 is 0 Å². The first-order valence-electron chi connectivity index (χ1n) is 11.0. The van der Waals surface area contributed by atoms with Gasteiger partial charge in [-0.2, -0.15) is 5.10 Å². The molecular weight excluding hydrogens is 406 g/mol. The average Bonchev–Trinajstić information content (AvgIpc) is 3.22. The number of carbonyl (C=O) groups excluding carboxylic acids is 1. The molecule has 0 aliphatic carbocycles. The van der Waals surface area contributed by atoms with E-state index in [9.17, 15) is 4.79 Å². The standard InChI is InChI=1S/C25H27N3O4/c1-4-31-22-15-17(9-10-21(22)30-3)24(29)28-13-11-25(12-14-28)19-16-27(2)26-23(19)18-7-5-6-8-20(18)32-25/h5-10,15-16H,4,11-14H2,1-3H3. The summed E-state index contributed by atoms with van der Waals surface area (Å²) in [6.45, 7) is 3.62. The molecule has 1 saturated heterocycles. The molecule has 2 aromatic carbocycles. The van der Waals surface area contributed by atoms with Crippen LogP contribution in [-0.4, -0.2) is 47.4 Å². The number of nitrogens with zero attached hydrogens (tertiary/aromatic N) is 3. The molecule has 0 radical (unpaired) electrons. The highest BCUT2D eigenvalue weighted by Crippen LogP contribution is 2.49. The number of aromatic nitrogens is 2. The van der Waals surface area contributed by atoms with Crippen molar-refractivity contribution >= 4 is 5.91 Å². The number of likely N-dealkylation sites (tertiary alicyclic amines) is 1. The first-order valence-corrected chi connectivity index (χ1v) is 11.0. The molecule has 5 rings (SSSR count). The van der Waals surface area contributed by atoms with E-state index in [0.29, 0.717) is 49.6 Å². The average molecular weight is 434 g/mol. The van der Waals surface area contributed by atoms with Gasteiger partial charge in [0.15, 0.2) is 11.5 Å². The van der Waals surface area contributed by atoms with Gasteiger partial charge in [0.05, 0.1) is 13.7 Å². The Hall–Kier alpha value is -3.48. The largest absolute Gasteiger partial charge is 0.493 e. The van der Waals surface area contributed by atoms with E-state index in [1.54, 1.807) is 25.3 Å². The maximum Gasteiger partial charge on any atom is 0.253 e. The zero-order valence-corrected chi connectivity index (χ0v) is 18.6. The third-order valence-electron chi connectivity index (χ3n) is 6.34. The zero-order valence-electron chi connectivity index (χ0n) is 18.6. The first-order chi connectivity index (χ1) is 15.5. The quantitative estimate of drug-likeness (QED) is 0.622. The number of carbonyl (C=O) groups is 1. The van der Waals surface area contributed by atoms with Crippen LogP contribution in [0.3, 0.4) is 0 Å². The third kappa shape index (κ3) is 3.28. The van der Waals surface area contributed by atoms with Gasteiger partial charge in [0.2, 0.25) is 0 Å². The number of piperidine rings is 1. The molecule has 32 heavy (non-hydrogen) atoms. The summed E-state index contributed by atoms with van der Waals surface area (Å²) in [7, 11) is 3.53. The Morgan fingerprint density at radius 2 is 1.94 bits per heavy atom. The van der Waals surface area contributed by atoms with E-state index in [0.717, 1.165) is 22.6 Å². The van der Waals surface area contributed by atoms with Crippen molar-refractivity contribution in [3.8, 4) is 28.5 Å². The molecule has 1 fully saturated rings. The molecule has 2 aliphatic heterocycles. The van der Waals surface area contributed by atoms with Crippen molar-refractivity contribution in [2.75, 3.05) is 26.8 Å². The van der Waals surface area contributed by atoms with Crippen molar-refractivity contribution in [2.24, 2.45) is 7.05 Å². The van der Waals surface area contributed by atoms with Crippen molar-refractivity contribution in [3.63, 3.8) is 0 Å². The molecule has 3 heterocycles. The minimum Gasteiger partial charge on any atom is -0.493 e. The van der Waals surface area contributed by atoms with Crippen LogP contribution in [-0.2, 0) is 12.6 Å². The summed E-state index contributed by atoms with van der Waals surface area (Å²) in [6, 6.07) is 13.4. The number of methoxy groups -OCH3 is 1. The Balaban J connectivity index is 1.39. The Kier molecular flexibility index (Phi) is 5.04. The predicted molar refractivity (Wildman–Crippen MR) is 120 cm³/mol. The number of hydrogen-bond acceptors (Lipinski definition) is 5. The summed E-state index contributed by atoms with van der Waals surface area (Å²) < 4.78 is 19.4. The van der Waals surface area contributed by atoms with Crippen LogP contribution in [0.25, 0.3) is 11.3 Å². The number of ether oxygens (including phenoxy) is 3. The van der Waals surface area contributed by atoms with E-state index in [2.05, 4.69) is 6.20 Å². The minimum atomic E-state index is -0.467. The Bertz CT molecular complexity index is 1160. The normalized spacial score (nSPS) is 16.2. The number of fused-ring (bicyclic) bond motifs is 4. The number of benzene rings is 2. The number of hydrogen-bond donors (Lipinski definition) is 0. The van der Waals surface area contributed by atoms with E-state index < -0.39 is 5.60 Å². The minimum absolute atomic E-state index is 0.00826. The summed E-state index contributed by atoms with van der Waals surface area (Å²) in [6.07, 6.45) is 3.47. The first kappa shape index (κ1) is 20.4. The molecule has 2 aliphatic rings. The number of amides is 1. The lowest BCUT2D eigenvalue weighted by atomic mass is 9.81. The van der Waals surface area contributed by atoms with Crippen molar-refractivity contribution in [2.45, 2.75) is 25.4 Å². The third-order valence-corrected chi connectivity index (χ3v) is 6.34. The molecule has 1 aromatic heterocycles. The Labute approximate surface area is 187 Å². The van der Waals surface area contributed by atoms with Gasteiger partial charge >= 0.3 is 0 Å². The fourth-order valence-corrected chi connectivity index (χ4v) is 4.74. The van der Waals surface area contributed by atoms with E-state index in [1.165, 1.54) is 0 Å². The fourth-order valence-electron chi connectivity index (χ4n) is 4.74. The maximum absolute atomic E-state index is 13.2. The highest BCUT2D eigenvalue weighted by molar-refractivity contribution is 5.95. The van der Waals surface area contributed by atoms with Crippen molar-refractivity contribution in [3.05, 3.63) is 59.8 Å². The van der Waals surface area contributed by atoms with Crippen molar-refractivity contribution < 1.29 is 19.0 Å². The van der Waals surface area contributed by atoms with Crippen LogP contribution < -0.4 is 14.2 Å². The topological polar surface area (TPSA) is 65.8 Å². The van der Waals surface area contributed by atoms with E-state index in [4.69, 9.17) is 19.3 Å². The summed E-state index contributed by atoms with van der Waals surface area (Å²) in [5.41, 5.74) is 3.24.